The van der Waals surface area contributed by atoms with E-state index in [9.17, 15) is 9.90 Å². The van der Waals surface area contributed by atoms with Crippen LogP contribution in [0.2, 0.25) is 0 Å². The van der Waals surface area contributed by atoms with Gasteiger partial charge in [-0.05, 0) is 19.1 Å². The molecule has 0 radical (unpaired) electrons. The van der Waals surface area contributed by atoms with Crippen LogP contribution in [0.4, 0.5) is 17.5 Å². The van der Waals surface area contributed by atoms with Crippen molar-refractivity contribution in [1.29, 1.82) is 0 Å². The number of fused-ring (bicyclic) bond motifs is 1. The topological polar surface area (TPSA) is 105 Å². The van der Waals surface area contributed by atoms with Gasteiger partial charge in [-0.3, -0.25) is 4.98 Å². The predicted octanol–water partition coefficient (Wildman–Crippen LogP) is 1.89. The molecule has 0 saturated carbocycles. The lowest BCUT2D eigenvalue weighted by atomic mass is 9.91. The first-order valence-corrected chi connectivity index (χ1v) is 6.91. The van der Waals surface area contributed by atoms with Crippen molar-refractivity contribution in [2.45, 2.75) is 26.2 Å². The molecule has 0 bridgehead atoms. The standard InChI is InChI=1S/C15H17N5O2/c1-8-4-5-10-11(18-8)15(2,3)7-20(10)12-9(13(21)22)6-17-14(16)19-12/h4-6H,7H2,1-3H3,(H,21,22)(H2,16,17,19). The minimum Gasteiger partial charge on any atom is -0.477 e. The molecular weight excluding hydrogens is 282 g/mol. The molecule has 3 N–H and O–H groups in total. The molecule has 1 aliphatic rings. The van der Waals surface area contributed by atoms with Gasteiger partial charge in [0.1, 0.15) is 5.56 Å². The van der Waals surface area contributed by atoms with Crippen LogP contribution >= 0.6 is 0 Å². The van der Waals surface area contributed by atoms with E-state index in [2.05, 4.69) is 28.8 Å². The summed E-state index contributed by atoms with van der Waals surface area (Å²) >= 11 is 0. The first-order valence-electron chi connectivity index (χ1n) is 6.91. The number of hydrogen-bond donors (Lipinski definition) is 2. The van der Waals surface area contributed by atoms with E-state index in [0.717, 1.165) is 17.1 Å². The smallest absolute Gasteiger partial charge is 0.341 e. The molecule has 0 atom stereocenters. The molecule has 0 saturated heterocycles. The molecule has 0 aliphatic carbocycles. The van der Waals surface area contributed by atoms with E-state index in [1.54, 1.807) is 0 Å². The lowest BCUT2D eigenvalue weighted by Crippen LogP contribution is -2.27. The van der Waals surface area contributed by atoms with Gasteiger partial charge in [-0.1, -0.05) is 13.8 Å². The molecule has 22 heavy (non-hydrogen) atoms. The SMILES string of the molecule is Cc1ccc2c(n1)C(C)(C)CN2c1nc(N)ncc1C(=O)O. The molecule has 2 aromatic rings. The van der Waals surface area contributed by atoms with Crippen LogP contribution in [0.3, 0.4) is 0 Å². The number of nitrogens with two attached hydrogens (primary N) is 1. The van der Waals surface area contributed by atoms with Gasteiger partial charge in [0, 0.05) is 23.9 Å². The number of hydrogen-bond acceptors (Lipinski definition) is 6. The zero-order valence-corrected chi connectivity index (χ0v) is 12.7. The van der Waals surface area contributed by atoms with Gasteiger partial charge in [0.25, 0.3) is 0 Å². The van der Waals surface area contributed by atoms with Gasteiger partial charge in [0.05, 0.1) is 11.4 Å². The van der Waals surface area contributed by atoms with Crippen LogP contribution in [0.1, 0.15) is 35.6 Å². The maximum absolute atomic E-state index is 11.5. The van der Waals surface area contributed by atoms with Crippen LogP contribution in [-0.2, 0) is 5.41 Å². The lowest BCUT2D eigenvalue weighted by molar-refractivity contribution is 0.0697. The van der Waals surface area contributed by atoms with Crippen molar-refractivity contribution >= 4 is 23.4 Å². The third kappa shape index (κ3) is 2.14. The second-order valence-corrected chi connectivity index (χ2v) is 6.06. The maximum atomic E-state index is 11.5. The summed E-state index contributed by atoms with van der Waals surface area (Å²) in [5.41, 5.74) is 8.18. The Bertz CT molecular complexity index is 773. The predicted molar refractivity (Wildman–Crippen MR) is 82.4 cm³/mol. The minimum absolute atomic E-state index is 0.0263. The number of pyridine rings is 1. The van der Waals surface area contributed by atoms with Gasteiger partial charge in [-0.15, -0.1) is 0 Å². The van der Waals surface area contributed by atoms with Gasteiger partial charge in [0.2, 0.25) is 5.95 Å². The second-order valence-electron chi connectivity index (χ2n) is 6.06. The molecule has 2 aromatic heterocycles. The lowest BCUT2D eigenvalue weighted by Gasteiger charge is -2.22. The zero-order valence-electron chi connectivity index (χ0n) is 12.7. The number of carbonyl (C=O) groups is 1. The van der Waals surface area contributed by atoms with Gasteiger partial charge in [-0.2, -0.15) is 4.98 Å². The Morgan fingerprint density at radius 3 is 2.77 bits per heavy atom. The highest BCUT2D eigenvalue weighted by molar-refractivity contribution is 5.94. The molecule has 3 heterocycles. The summed E-state index contributed by atoms with van der Waals surface area (Å²) in [5, 5.41) is 9.38. The average molecular weight is 299 g/mol. The molecule has 3 rings (SSSR count). The number of nitrogens with zero attached hydrogens (tertiary/aromatic N) is 4. The summed E-state index contributed by atoms with van der Waals surface area (Å²) in [6.45, 7) is 6.66. The van der Waals surface area contributed by atoms with Crippen LogP contribution in [-0.4, -0.2) is 32.6 Å². The van der Waals surface area contributed by atoms with Crippen molar-refractivity contribution in [2.75, 3.05) is 17.2 Å². The summed E-state index contributed by atoms with van der Waals surface area (Å²) in [6.07, 6.45) is 1.24. The van der Waals surface area contributed by atoms with Gasteiger partial charge in [-0.25, -0.2) is 9.78 Å². The Morgan fingerprint density at radius 1 is 1.36 bits per heavy atom. The van der Waals surface area contributed by atoms with E-state index in [0.29, 0.717) is 12.4 Å². The molecule has 114 valence electrons. The van der Waals surface area contributed by atoms with Crippen LogP contribution < -0.4 is 10.6 Å². The van der Waals surface area contributed by atoms with Crippen LogP contribution in [0.5, 0.6) is 0 Å². The van der Waals surface area contributed by atoms with Gasteiger partial charge in [0.15, 0.2) is 5.82 Å². The normalized spacial score (nSPS) is 15.7. The van der Waals surface area contributed by atoms with Crippen molar-refractivity contribution in [2.24, 2.45) is 0 Å². The van der Waals surface area contributed by atoms with Crippen LogP contribution in [0.15, 0.2) is 18.3 Å². The third-order valence-electron chi connectivity index (χ3n) is 3.77. The fourth-order valence-corrected chi connectivity index (χ4v) is 2.75. The molecular formula is C15H17N5O2. The summed E-state index contributed by atoms with van der Waals surface area (Å²) in [6, 6.07) is 3.84. The number of anilines is 3. The number of carboxylic acid groups (broad SMARTS) is 1. The Hall–Kier alpha value is -2.70. The number of rotatable bonds is 2. The number of aryl methyl sites for hydroxylation is 1. The highest BCUT2D eigenvalue weighted by atomic mass is 16.4. The molecule has 7 heteroatoms. The van der Waals surface area contributed by atoms with Crippen LogP contribution in [0, 0.1) is 6.92 Å². The number of carboxylic acids is 1. The Kier molecular flexibility index (Phi) is 3.01. The quantitative estimate of drug-likeness (QED) is 0.872. The van der Waals surface area contributed by atoms with Crippen molar-refractivity contribution in [3.05, 3.63) is 35.3 Å². The highest BCUT2D eigenvalue weighted by Gasteiger charge is 2.39. The average Bonchev–Trinajstić information content (AvgIpc) is 2.70. The van der Waals surface area contributed by atoms with E-state index in [1.807, 2.05) is 24.0 Å². The number of nitrogen functional groups attached to an aromatic ring is 1. The minimum atomic E-state index is -1.08. The molecule has 0 amide bonds. The van der Waals surface area contributed by atoms with E-state index in [1.165, 1.54) is 6.20 Å². The zero-order chi connectivity index (χ0) is 16.1. The Morgan fingerprint density at radius 2 is 2.09 bits per heavy atom. The van der Waals surface area contributed by atoms with Gasteiger partial charge < -0.3 is 15.7 Å². The molecule has 0 unspecified atom stereocenters. The van der Waals surface area contributed by atoms with Crippen molar-refractivity contribution in [3.8, 4) is 0 Å². The fourth-order valence-electron chi connectivity index (χ4n) is 2.75. The van der Waals surface area contributed by atoms with Gasteiger partial charge >= 0.3 is 5.97 Å². The highest BCUT2D eigenvalue weighted by Crippen LogP contribution is 2.43. The summed E-state index contributed by atoms with van der Waals surface area (Å²) < 4.78 is 0. The number of aromatic carboxylic acids is 1. The fraction of sp³-hybridized carbons (Fsp3) is 0.333. The van der Waals surface area contributed by atoms with Crippen LogP contribution in [0.25, 0.3) is 0 Å². The number of aromatic nitrogens is 3. The summed E-state index contributed by atoms with van der Waals surface area (Å²) in [4.78, 5) is 25.8. The van der Waals surface area contributed by atoms with Crippen molar-refractivity contribution < 1.29 is 9.90 Å². The second kappa shape index (κ2) is 4.66. The van der Waals surface area contributed by atoms with E-state index in [4.69, 9.17) is 5.73 Å². The molecule has 0 fully saturated rings. The van der Waals surface area contributed by atoms with E-state index in [-0.39, 0.29) is 16.9 Å². The Labute approximate surface area is 127 Å². The van der Waals surface area contributed by atoms with E-state index >= 15 is 0 Å². The monoisotopic (exact) mass is 299 g/mol. The molecule has 0 spiro atoms. The first-order chi connectivity index (χ1) is 10.3. The van der Waals surface area contributed by atoms with Crippen molar-refractivity contribution in [3.63, 3.8) is 0 Å². The summed E-state index contributed by atoms with van der Waals surface area (Å²) in [5.74, 6) is -0.731. The first kappa shape index (κ1) is 14.2. The molecule has 7 nitrogen and oxygen atoms in total. The van der Waals surface area contributed by atoms with E-state index < -0.39 is 5.97 Å². The largest absolute Gasteiger partial charge is 0.477 e. The van der Waals surface area contributed by atoms with Crippen molar-refractivity contribution in [1.82, 2.24) is 15.0 Å². The molecule has 1 aliphatic heterocycles. The maximum Gasteiger partial charge on any atom is 0.341 e. The summed E-state index contributed by atoms with van der Waals surface area (Å²) in [7, 11) is 0. The molecule has 0 aromatic carbocycles. The third-order valence-corrected chi connectivity index (χ3v) is 3.77. The Balaban J connectivity index is 2.20.